The van der Waals surface area contributed by atoms with Crippen LogP contribution in [0.25, 0.3) is 0 Å². The van der Waals surface area contributed by atoms with Gasteiger partial charge in [0.05, 0.1) is 13.1 Å². The molecule has 120 valence electrons. The van der Waals surface area contributed by atoms with Gasteiger partial charge in [-0.1, -0.05) is 6.58 Å². The fourth-order valence-electron chi connectivity index (χ4n) is 2.89. The van der Waals surface area contributed by atoms with Gasteiger partial charge in [-0.3, -0.25) is 9.28 Å². The van der Waals surface area contributed by atoms with Crippen LogP contribution in [0, 0.1) is 0 Å². The van der Waals surface area contributed by atoms with Crippen LogP contribution in [0.5, 0.6) is 0 Å². The van der Waals surface area contributed by atoms with Gasteiger partial charge >= 0.3 is 0 Å². The number of anilines is 2. The summed E-state index contributed by atoms with van der Waals surface area (Å²) < 4.78 is 0.732. The van der Waals surface area contributed by atoms with Crippen LogP contribution in [0.4, 0.5) is 22.7 Å². The molecule has 3 N–H and O–H groups in total. The Balaban J connectivity index is 2.39. The molecule has 1 amide bonds. The largest absolute Gasteiger partial charge is 0.399 e. The minimum absolute atomic E-state index is 0.206. The van der Waals surface area contributed by atoms with Gasteiger partial charge in [-0.05, 0) is 44.2 Å². The number of carbonyl (C=O) groups is 1. The summed E-state index contributed by atoms with van der Waals surface area (Å²) in [7, 11) is 0. The Bertz CT molecular complexity index is 671. The van der Waals surface area contributed by atoms with Crippen molar-refractivity contribution in [3.05, 3.63) is 61.2 Å². The monoisotopic (exact) mass is 310 g/mol. The van der Waals surface area contributed by atoms with E-state index in [1.54, 1.807) is 0 Å². The first-order valence-electron chi connectivity index (χ1n) is 7.83. The molecule has 4 nitrogen and oxygen atoms in total. The molecule has 0 radical (unpaired) electrons. The van der Waals surface area contributed by atoms with Gasteiger partial charge in [-0.25, -0.2) is 0 Å². The van der Waals surface area contributed by atoms with Crippen molar-refractivity contribution in [2.24, 2.45) is 0 Å². The molecule has 2 aromatic carbocycles. The fraction of sp³-hybridized carbons (Fsp3) is 0.211. The first-order chi connectivity index (χ1) is 11.1. The lowest BCUT2D eigenvalue weighted by Gasteiger charge is -2.36. The van der Waals surface area contributed by atoms with E-state index in [1.165, 1.54) is 17.5 Å². The molecular weight excluding hydrogens is 286 g/mol. The molecule has 0 aromatic heterocycles. The molecule has 0 aliphatic heterocycles. The fourth-order valence-corrected chi connectivity index (χ4v) is 2.89. The third-order valence-electron chi connectivity index (χ3n) is 4.28. The highest BCUT2D eigenvalue weighted by Crippen LogP contribution is 2.35. The minimum Gasteiger partial charge on any atom is -0.399 e. The average Bonchev–Trinajstić information content (AvgIpc) is 2.59. The van der Waals surface area contributed by atoms with Crippen LogP contribution >= 0.6 is 0 Å². The van der Waals surface area contributed by atoms with Crippen LogP contribution < -0.4 is 15.5 Å². The van der Waals surface area contributed by atoms with E-state index in [2.05, 4.69) is 50.0 Å². The summed E-state index contributed by atoms with van der Waals surface area (Å²) in [6.45, 7) is 9.67. The molecule has 4 heteroatoms. The first kappa shape index (κ1) is 16.8. The van der Waals surface area contributed by atoms with Crippen molar-refractivity contribution in [2.75, 3.05) is 24.1 Å². The lowest BCUT2D eigenvalue weighted by Crippen LogP contribution is -2.43. The number of nitrogen functional groups attached to an aromatic ring is 1. The third-order valence-corrected chi connectivity index (χ3v) is 4.28. The van der Waals surface area contributed by atoms with Crippen LogP contribution in [0.2, 0.25) is 0 Å². The number of benzene rings is 2. The van der Waals surface area contributed by atoms with E-state index in [4.69, 9.17) is 5.73 Å². The van der Waals surface area contributed by atoms with Gasteiger partial charge in [0.2, 0.25) is 5.91 Å². The molecule has 23 heavy (non-hydrogen) atoms. The third kappa shape index (κ3) is 3.43. The van der Waals surface area contributed by atoms with Gasteiger partial charge in [-0.15, -0.1) is 0 Å². The zero-order chi connectivity index (χ0) is 16.9. The van der Waals surface area contributed by atoms with E-state index in [-0.39, 0.29) is 5.91 Å². The standard InChI is InChI=1S/C19H23N3O/c1-4-19(23)21-16-9-13-18(14-10-16)22(5-2,6-3)17-11-7-15(20)8-12-17/h4,7-14H,1,5-6,20H2,2-3H3/p+1. The number of carbonyl (C=O) groups excluding carboxylic acids is 1. The number of nitrogens with one attached hydrogen (secondary N) is 1. The number of quaternary nitrogens is 1. The Morgan fingerprint density at radius 2 is 1.52 bits per heavy atom. The SMILES string of the molecule is C=CC(=O)Nc1ccc([N+](CC)(CC)c2ccc(N)cc2)cc1. The summed E-state index contributed by atoms with van der Waals surface area (Å²) in [6, 6.07) is 16.0. The molecule has 0 fully saturated rings. The first-order valence-corrected chi connectivity index (χ1v) is 7.83. The number of hydrogen-bond donors (Lipinski definition) is 2. The number of amides is 1. The Labute approximate surface area is 137 Å². The molecule has 2 rings (SSSR count). The minimum atomic E-state index is -0.206. The van der Waals surface area contributed by atoms with E-state index in [0.29, 0.717) is 0 Å². The summed E-state index contributed by atoms with van der Waals surface area (Å²) in [5, 5.41) is 2.77. The highest BCUT2D eigenvalue weighted by Gasteiger charge is 2.29. The van der Waals surface area contributed by atoms with Gasteiger partial charge < -0.3 is 11.1 Å². The second-order valence-electron chi connectivity index (χ2n) is 5.43. The highest BCUT2D eigenvalue weighted by molar-refractivity contribution is 5.98. The molecule has 2 aromatic rings. The van der Waals surface area contributed by atoms with Crippen molar-refractivity contribution in [3.63, 3.8) is 0 Å². The second-order valence-corrected chi connectivity index (χ2v) is 5.43. The zero-order valence-electron chi connectivity index (χ0n) is 13.8. The molecular formula is C19H24N3O+. The van der Waals surface area contributed by atoms with E-state index in [9.17, 15) is 4.79 Å². The van der Waals surface area contributed by atoms with Gasteiger partial charge in [0.25, 0.3) is 0 Å². The van der Waals surface area contributed by atoms with Crippen LogP contribution in [-0.4, -0.2) is 19.0 Å². The Hall–Kier alpha value is -2.59. The van der Waals surface area contributed by atoms with Gasteiger partial charge in [0, 0.05) is 35.6 Å². The number of rotatable bonds is 6. The lowest BCUT2D eigenvalue weighted by molar-refractivity contribution is -0.111. The maximum absolute atomic E-state index is 11.4. The Morgan fingerprint density at radius 3 is 1.96 bits per heavy atom. The summed E-state index contributed by atoms with van der Waals surface area (Å²) >= 11 is 0. The van der Waals surface area contributed by atoms with Gasteiger partial charge in [0.15, 0.2) is 0 Å². The predicted octanol–water partition coefficient (Wildman–Crippen LogP) is 4.07. The van der Waals surface area contributed by atoms with Crippen molar-refractivity contribution < 1.29 is 4.79 Å². The molecule has 0 unspecified atom stereocenters. The molecule has 0 saturated heterocycles. The highest BCUT2D eigenvalue weighted by atomic mass is 16.1. The molecule has 0 spiro atoms. The van der Waals surface area contributed by atoms with Crippen molar-refractivity contribution in [1.82, 2.24) is 4.48 Å². The quantitative estimate of drug-likeness (QED) is 0.480. The molecule has 0 heterocycles. The molecule has 0 atom stereocenters. The number of hydrogen-bond acceptors (Lipinski definition) is 2. The number of nitrogens with two attached hydrogens (primary N) is 1. The summed E-state index contributed by atoms with van der Waals surface area (Å²) in [5.74, 6) is -0.206. The predicted molar refractivity (Wildman–Crippen MR) is 98.7 cm³/mol. The Kier molecular flexibility index (Phi) is 5.19. The van der Waals surface area contributed by atoms with Gasteiger partial charge in [-0.2, -0.15) is 0 Å². The normalized spacial score (nSPS) is 11.0. The van der Waals surface area contributed by atoms with Crippen LogP contribution in [0.3, 0.4) is 0 Å². The van der Waals surface area contributed by atoms with Crippen molar-refractivity contribution in [1.29, 1.82) is 0 Å². The van der Waals surface area contributed by atoms with E-state index in [0.717, 1.165) is 28.9 Å². The van der Waals surface area contributed by atoms with Crippen LogP contribution in [0.1, 0.15) is 13.8 Å². The summed E-state index contributed by atoms with van der Waals surface area (Å²) in [5.41, 5.74) is 9.72. The van der Waals surface area contributed by atoms with Crippen molar-refractivity contribution in [3.8, 4) is 0 Å². The smallest absolute Gasteiger partial charge is 0.247 e. The zero-order valence-corrected chi connectivity index (χ0v) is 13.8. The number of nitrogens with zero attached hydrogens (tertiary/aromatic N) is 1. The molecule has 0 bridgehead atoms. The molecule has 0 saturated carbocycles. The summed E-state index contributed by atoms with van der Waals surface area (Å²) in [6.07, 6.45) is 1.26. The maximum atomic E-state index is 11.4. The Morgan fingerprint density at radius 1 is 1.04 bits per heavy atom. The average molecular weight is 310 g/mol. The lowest BCUT2D eigenvalue weighted by atomic mass is 10.1. The molecule has 0 aliphatic carbocycles. The van der Waals surface area contributed by atoms with Crippen LogP contribution in [0.15, 0.2) is 61.2 Å². The van der Waals surface area contributed by atoms with Crippen molar-refractivity contribution in [2.45, 2.75) is 13.8 Å². The van der Waals surface area contributed by atoms with Gasteiger partial charge in [0.1, 0.15) is 11.4 Å². The van der Waals surface area contributed by atoms with E-state index >= 15 is 0 Å². The second kappa shape index (κ2) is 7.11. The summed E-state index contributed by atoms with van der Waals surface area (Å²) in [4.78, 5) is 11.4. The van der Waals surface area contributed by atoms with Crippen LogP contribution in [-0.2, 0) is 4.79 Å². The topological polar surface area (TPSA) is 55.1 Å². The van der Waals surface area contributed by atoms with Crippen molar-refractivity contribution >= 4 is 28.7 Å². The maximum Gasteiger partial charge on any atom is 0.247 e. The van der Waals surface area contributed by atoms with E-state index in [1.807, 2.05) is 24.3 Å². The van der Waals surface area contributed by atoms with E-state index < -0.39 is 0 Å². The molecule has 0 aliphatic rings.